The number of hydrogen-bond donors (Lipinski definition) is 1. The van der Waals surface area contributed by atoms with Gasteiger partial charge in [-0.1, -0.05) is 12.1 Å². The molecule has 1 amide bonds. The molecule has 5 nitrogen and oxygen atoms in total. The SMILES string of the molecule is Cn1cnnc1-c1ccccc1NC(=O)C(F)(F)F. The number of aromatic nitrogens is 3. The normalized spacial score (nSPS) is 11.4. The lowest BCUT2D eigenvalue weighted by Gasteiger charge is -2.11. The molecule has 0 spiro atoms. The second-order valence-electron chi connectivity index (χ2n) is 3.76. The van der Waals surface area contributed by atoms with Gasteiger partial charge in [-0.05, 0) is 12.1 Å². The molecule has 0 atom stereocenters. The van der Waals surface area contributed by atoms with E-state index in [-0.39, 0.29) is 5.69 Å². The molecule has 2 rings (SSSR count). The van der Waals surface area contributed by atoms with E-state index in [0.29, 0.717) is 11.4 Å². The summed E-state index contributed by atoms with van der Waals surface area (Å²) < 4.78 is 38.3. The Kier molecular flexibility index (Phi) is 3.24. The van der Waals surface area contributed by atoms with Crippen molar-refractivity contribution in [2.75, 3.05) is 5.32 Å². The Morgan fingerprint density at radius 2 is 2.00 bits per heavy atom. The van der Waals surface area contributed by atoms with Crippen LogP contribution in [0.15, 0.2) is 30.6 Å². The van der Waals surface area contributed by atoms with E-state index >= 15 is 0 Å². The first-order valence-corrected chi connectivity index (χ1v) is 5.21. The molecule has 1 heterocycles. The number of carbonyl (C=O) groups excluding carboxylic acids is 1. The Morgan fingerprint density at radius 3 is 2.58 bits per heavy atom. The number of aryl methyl sites for hydroxylation is 1. The van der Waals surface area contributed by atoms with Crippen molar-refractivity contribution in [2.45, 2.75) is 6.18 Å². The Balaban J connectivity index is 2.38. The number of carbonyl (C=O) groups is 1. The predicted molar refractivity (Wildman–Crippen MR) is 61.1 cm³/mol. The summed E-state index contributed by atoms with van der Waals surface area (Å²) in [7, 11) is 1.65. The van der Waals surface area contributed by atoms with Crippen LogP contribution < -0.4 is 5.32 Å². The average Bonchev–Trinajstić information content (AvgIpc) is 2.75. The van der Waals surface area contributed by atoms with Crippen LogP contribution in [0.25, 0.3) is 11.4 Å². The van der Waals surface area contributed by atoms with E-state index in [1.807, 2.05) is 5.32 Å². The zero-order valence-corrected chi connectivity index (χ0v) is 9.77. The summed E-state index contributed by atoms with van der Waals surface area (Å²) >= 11 is 0. The van der Waals surface area contributed by atoms with Crippen LogP contribution in [0.3, 0.4) is 0 Å². The van der Waals surface area contributed by atoms with Gasteiger partial charge in [-0.2, -0.15) is 13.2 Å². The number of hydrogen-bond acceptors (Lipinski definition) is 3. The lowest BCUT2D eigenvalue weighted by Crippen LogP contribution is -2.30. The summed E-state index contributed by atoms with van der Waals surface area (Å²) in [6, 6.07) is 6.07. The number of amides is 1. The summed E-state index contributed by atoms with van der Waals surface area (Å²) in [5.41, 5.74) is 0.390. The van der Waals surface area contributed by atoms with Crippen molar-refractivity contribution in [1.82, 2.24) is 14.8 Å². The fourth-order valence-electron chi connectivity index (χ4n) is 1.51. The third kappa shape index (κ3) is 2.72. The standard InChI is InChI=1S/C11H9F3N4O/c1-18-6-15-17-9(18)7-4-2-3-5-8(7)16-10(19)11(12,13)14/h2-6H,1H3,(H,16,19). The Hall–Kier alpha value is -2.38. The summed E-state index contributed by atoms with van der Waals surface area (Å²) in [6.45, 7) is 0. The number of halogens is 3. The summed E-state index contributed by atoms with van der Waals surface area (Å²) in [4.78, 5) is 11.0. The van der Waals surface area contributed by atoms with E-state index in [2.05, 4.69) is 10.2 Å². The maximum atomic E-state index is 12.2. The third-order valence-electron chi connectivity index (χ3n) is 2.39. The molecule has 0 fully saturated rings. The lowest BCUT2D eigenvalue weighted by molar-refractivity contribution is -0.167. The molecule has 0 saturated carbocycles. The van der Waals surface area contributed by atoms with Gasteiger partial charge in [-0.15, -0.1) is 10.2 Å². The van der Waals surface area contributed by atoms with Gasteiger partial charge in [0.1, 0.15) is 6.33 Å². The van der Waals surface area contributed by atoms with Crippen molar-refractivity contribution in [3.63, 3.8) is 0 Å². The van der Waals surface area contributed by atoms with Gasteiger partial charge in [-0.3, -0.25) is 4.79 Å². The van der Waals surface area contributed by atoms with E-state index in [1.54, 1.807) is 23.7 Å². The van der Waals surface area contributed by atoms with Gasteiger partial charge in [0, 0.05) is 12.6 Å². The van der Waals surface area contributed by atoms with Gasteiger partial charge < -0.3 is 9.88 Å². The largest absolute Gasteiger partial charge is 0.471 e. The molecule has 0 bridgehead atoms. The highest BCUT2D eigenvalue weighted by Gasteiger charge is 2.39. The fraction of sp³-hybridized carbons (Fsp3) is 0.182. The molecule has 0 aliphatic carbocycles. The topological polar surface area (TPSA) is 59.8 Å². The van der Waals surface area contributed by atoms with Crippen LogP contribution >= 0.6 is 0 Å². The molecule has 0 aliphatic heterocycles. The smallest absolute Gasteiger partial charge is 0.318 e. The number of alkyl halides is 3. The van der Waals surface area contributed by atoms with Gasteiger partial charge in [0.05, 0.1) is 5.69 Å². The van der Waals surface area contributed by atoms with E-state index in [0.717, 1.165) is 0 Å². The number of rotatable bonds is 2. The highest BCUT2D eigenvalue weighted by Crippen LogP contribution is 2.27. The first-order chi connectivity index (χ1) is 8.89. The van der Waals surface area contributed by atoms with Gasteiger partial charge in [0.25, 0.3) is 0 Å². The summed E-state index contributed by atoms with van der Waals surface area (Å²) in [6.07, 6.45) is -3.52. The molecular formula is C11H9F3N4O. The van der Waals surface area contributed by atoms with E-state index < -0.39 is 12.1 Å². The van der Waals surface area contributed by atoms with Crippen molar-refractivity contribution >= 4 is 11.6 Å². The van der Waals surface area contributed by atoms with E-state index in [1.165, 1.54) is 18.5 Å². The van der Waals surface area contributed by atoms with Crippen molar-refractivity contribution < 1.29 is 18.0 Å². The highest BCUT2D eigenvalue weighted by atomic mass is 19.4. The van der Waals surface area contributed by atoms with E-state index in [4.69, 9.17) is 0 Å². The van der Waals surface area contributed by atoms with Crippen molar-refractivity contribution in [3.8, 4) is 11.4 Å². The predicted octanol–water partition coefficient (Wildman–Crippen LogP) is 1.98. The molecule has 0 aliphatic rings. The maximum absolute atomic E-state index is 12.2. The third-order valence-corrected chi connectivity index (χ3v) is 2.39. The second kappa shape index (κ2) is 4.71. The molecule has 100 valence electrons. The van der Waals surface area contributed by atoms with Crippen LogP contribution in [0.5, 0.6) is 0 Å². The number of nitrogens with zero attached hydrogens (tertiary/aromatic N) is 3. The zero-order chi connectivity index (χ0) is 14.0. The van der Waals surface area contributed by atoms with Crippen LogP contribution in [-0.4, -0.2) is 26.8 Å². The lowest BCUT2D eigenvalue weighted by atomic mass is 10.1. The minimum Gasteiger partial charge on any atom is -0.318 e. The number of anilines is 1. The molecule has 8 heteroatoms. The molecule has 1 aromatic carbocycles. The molecule has 0 radical (unpaired) electrons. The maximum Gasteiger partial charge on any atom is 0.471 e. The quantitative estimate of drug-likeness (QED) is 0.907. The summed E-state index contributed by atoms with van der Waals surface area (Å²) in [5.74, 6) is -1.67. The molecule has 0 unspecified atom stereocenters. The molecule has 0 saturated heterocycles. The van der Waals surface area contributed by atoms with Crippen LogP contribution in [0, 0.1) is 0 Å². The average molecular weight is 270 g/mol. The van der Waals surface area contributed by atoms with Crippen molar-refractivity contribution in [1.29, 1.82) is 0 Å². The number of benzene rings is 1. The first-order valence-electron chi connectivity index (χ1n) is 5.21. The molecule has 1 N–H and O–H groups in total. The van der Waals surface area contributed by atoms with Gasteiger partial charge in [0.15, 0.2) is 5.82 Å². The van der Waals surface area contributed by atoms with Gasteiger partial charge >= 0.3 is 12.1 Å². The molecule has 1 aromatic heterocycles. The highest BCUT2D eigenvalue weighted by molar-refractivity contribution is 5.98. The number of para-hydroxylation sites is 1. The Morgan fingerprint density at radius 1 is 1.32 bits per heavy atom. The van der Waals surface area contributed by atoms with Crippen molar-refractivity contribution in [2.24, 2.45) is 7.05 Å². The molecule has 2 aromatic rings. The summed E-state index contributed by atoms with van der Waals surface area (Å²) in [5, 5.41) is 9.26. The van der Waals surface area contributed by atoms with Gasteiger partial charge in [-0.25, -0.2) is 0 Å². The first kappa shape index (κ1) is 13.1. The Labute approximate surface area is 106 Å². The van der Waals surface area contributed by atoms with Crippen molar-refractivity contribution in [3.05, 3.63) is 30.6 Å². The monoisotopic (exact) mass is 270 g/mol. The minimum atomic E-state index is -4.94. The second-order valence-corrected chi connectivity index (χ2v) is 3.76. The Bertz CT molecular complexity index is 606. The molecule has 19 heavy (non-hydrogen) atoms. The van der Waals surface area contributed by atoms with Crippen LogP contribution in [0.1, 0.15) is 0 Å². The molecular weight excluding hydrogens is 261 g/mol. The van der Waals surface area contributed by atoms with E-state index in [9.17, 15) is 18.0 Å². The fourth-order valence-corrected chi connectivity index (χ4v) is 1.51. The van der Waals surface area contributed by atoms with Crippen LogP contribution in [0.2, 0.25) is 0 Å². The number of nitrogens with one attached hydrogen (secondary N) is 1. The minimum absolute atomic E-state index is 0.0286. The zero-order valence-electron chi connectivity index (χ0n) is 9.77. The van der Waals surface area contributed by atoms with Gasteiger partial charge in [0.2, 0.25) is 0 Å². The van der Waals surface area contributed by atoms with Crippen LogP contribution in [-0.2, 0) is 11.8 Å². The van der Waals surface area contributed by atoms with Crippen LogP contribution in [0.4, 0.5) is 18.9 Å².